The number of benzene rings is 2. The Morgan fingerprint density at radius 3 is 2.71 bits per heavy atom. The van der Waals surface area contributed by atoms with Gasteiger partial charge in [0.25, 0.3) is 0 Å². The summed E-state index contributed by atoms with van der Waals surface area (Å²) >= 11 is 4.69. The van der Waals surface area contributed by atoms with Gasteiger partial charge in [-0.25, -0.2) is 0 Å². The van der Waals surface area contributed by atoms with Gasteiger partial charge in [-0.2, -0.15) is 5.10 Å². The number of aromatic amines is 1. The third-order valence-electron chi connectivity index (χ3n) is 3.83. The molecule has 0 unspecified atom stereocenters. The highest BCUT2D eigenvalue weighted by Gasteiger charge is 2.24. The van der Waals surface area contributed by atoms with Crippen molar-refractivity contribution in [2.24, 2.45) is 0 Å². The smallest absolute Gasteiger partial charge is 0.154 e. The second kappa shape index (κ2) is 4.82. The summed E-state index contributed by atoms with van der Waals surface area (Å²) in [5.41, 5.74) is 8.36. The third-order valence-corrected chi connectivity index (χ3v) is 3.93. The van der Waals surface area contributed by atoms with E-state index in [4.69, 9.17) is 4.74 Å². The van der Waals surface area contributed by atoms with Crippen molar-refractivity contribution in [1.29, 1.82) is 0 Å². The van der Waals surface area contributed by atoms with Gasteiger partial charge in [0.1, 0.15) is 5.75 Å². The molecule has 4 heteroatoms. The zero-order valence-electron chi connectivity index (χ0n) is 11.2. The Hall–Kier alpha value is -2.46. The lowest BCUT2D eigenvalue weighted by Gasteiger charge is -2.02. The maximum atomic E-state index is 5.18. The van der Waals surface area contributed by atoms with Gasteiger partial charge in [0, 0.05) is 23.1 Å². The van der Waals surface area contributed by atoms with Crippen LogP contribution in [0.25, 0.3) is 22.5 Å². The molecule has 0 fully saturated rings. The minimum Gasteiger partial charge on any atom is -0.454 e. The van der Waals surface area contributed by atoms with E-state index in [0.29, 0.717) is 0 Å². The van der Waals surface area contributed by atoms with E-state index >= 15 is 0 Å². The lowest BCUT2D eigenvalue weighted by molar-refractivity contribution is 0.586. The van der Waals surface area contributed by atoms with Gasteiger partial charge in [0.15, 0.2) is 5.55 Å². The van der Waals surface area contributed by atoms with E-state index < -0.39 is 0 Å². The van der Waals surface area contributed by atoms with Crippen molar-refractivity contribution in [3.05, 3.63) is 59.7 Å². The molecule has 1 aromatic heterocycles. The number of ether oxygens (including phenoxy) is 1. The van der Waals surface area contributed by atoms with Crippen LogP contribution in [0.5, 0.6) is 5.75 Å². The van der Waals surface area contributed by atoms with Crippen LogP contribution in [0.2, 0.25) is 0 Å². The van der Waals surface area contributed by atoms with Crippen molar-refractivity contribution >= 4 is 17.8 Å². The predicted molar refractivity (Wildman–Crippen MR) is 86.5 cm³/mol. The molecule has 1 heterocycles. The SMILES string of the molecule is S=COc1ccc(-c2n[nH]c3c2Cc2ccccc2-3)cc1. The molecule has 0 saturated carbocycles. The molecule has 1 N–H and O–H groups in total. The van der Waals surface area contributed by atoms with Crippen LogP contribution in [0.1, 0.15) is 11.1 Å². The zero-order chi connectivity index (χ0) is 14.2. The number of rotatable bonds is 3. The van der Waals surface area contributed by atoms with Crippen molar-refractivity contribution in [3.63, 3.8) is 0 Å². The third kappa shape index (κ3) is 1.96. The Balaban J connectivity index is 1.75. The molecule has 1 aliphatic rings. The quantitative estimate of drug-likeness (QED) is 0.580. The minimum absolute atomic E-state index is 0.740. The Bertz CT molecular complexity index is 821. The molecule has 0 aliphatic heterocycles. The first-order valence-corrected chi connectivity index (χ1v) is 7.20. The van der Waals surface area contributed by atoms with Gasteiger partial charge < -0.3 is 4.74 Å². The van der Waals surface area contributed by atoms with E-state index in [2.05, 4.69) is 46.7 Å². The summed E-state index contributed by atoms with van der Waals surface area (Å²) in [7, 11) is 0. The Morgan fingerprint density at radius 2 is 1.90 bits per heavy atom. The fourth-order valence-electron chi connectivity index (χ4n) is 2.85. The monoisotopic (exact) mass is 292 g/mol. The van der Waals surface area contributed by atoms with E-state index in [1.807, 2.05) is 24.3 Å². The summed E-state index contributed by atoms with van der Waals surface area (Å²) in [6.45, 7) is 0. The number of nitrogens with zero attached hydrogens (tertiary/aromatic N) is 1. The molecule has 0 bridgehead atoms. The molecule has 0 atom stereocenters. The Kier molecular flexibility index (Phi) is 2.82. The van der Waals surface area contributed by atoms with Crippen LogP contribution in [-0.4, -0.2) is 15.8 Å². The topological polar surface area (TPSA) is 37.9 Å². The lowest BCUT2D eigenvalue weighted by Crippen LogP contribution is -1.88. The molecule has 4 rings (SSSR count). The number of aromatic nitrogens is 2. The van der Waals surface area contributed by atoms with E-state index in [-0.39, 0.29) is 0 Å². The highest BCUT2D eigenvalue weighted by molar-refractivity contribution is 7.78. The molecule has 21 heavy (non-hydrogen) atoms. The Morgan fingerprint density at radius 1 is 1.10 bits per heavy atom. The minimum atomic E-state index is 0.740. The summed E-state index contributed by atoms with van der Waals surface area (Å²) in [5.74, 6) is 0.740. The van der Waals surface area contributed by atoms with Gasteiger partial charge in [0.05, 0.1) is 11.4 Å². The number of nitrogens with one attached hydrogen (secondary N) is 1. The van der Waals surface area contributed by atoms with Gasteiger partial charge in [-0.1, -0.05) is 24.3 Å². The van der Waals surface area contributed by atoms with E-state index in [1.165, 1.54) is 22.2 Å². The van der Waals surface area contributed by atoms with Gasteiger partial charge in [-0.05, 0) is 42.0 Å². The zero-order valence-corrected chi connectivity index (χ0v) is 12.0. The fourth-order valence-corrected chi connectivity index (χ4v) is 2.97. The maximum Gasteiger partial charge on any atom is 0.154 e. The number of H-pyrrole nitrogens is 1. The molecule has 2 aromatic carbocycles. The van der Waals surface area contributed by atoms with Crippen LogP contribution in [0.15, 0.2) is 48.5 Å². The standard InChI is InChI=1S/C17H12N2OS/c21-10-20-13-7-5-11(6-8-13)16-15-9-12-3-1-2-4-14(12)17(15)19-18-16/h1-8,10H,9H2,(H,18,19). The molecule has 0 amide bonds. The van der Waals surface area contributed by atoms with Gasteiger partial charge in [0.2, 0.25) is 0 Å². The summed E-state index contributed by atoms with van der Waals surface area (Å²) in [4.78, 5) is 0. The molecule has 0 saturated heterocycles. The first-order valence-electron chi connectivity index (χ1n) is 6.73. The van der Waals surface area contributed by atoms with Crippen molar-refractivity contribution in [1.82, 2.24) is 10.2 Å². The molecular formula is C17H12N2OS. The molecular weight excluding hydrogens is 280 g/mol. The van der Waals surface area contributed by atoms with Crippen LogP contribution in [0.3, 0.4) is 0 Å². The van der Waals surface area contributed by atoms with E-state index in [0.717, 1.165) is 29.1 Å². The fraction of sp³-hybridized carbons (Fsp3) is 0.0588. The first-order chi connectivity index (χ1) is 10.4. The van der Waals surface area contributed by atoms with Crippen LogP contribution in [-0.2, 0) is 6.42 Å². The number of fused-ring (bicyclic) bond motifs is 3. The van der Waals surface area contributed by atoms with Crippen molar-refractivity contribution in [2.75, 3.05) is 0 Å². The largest absolute Gasteiger partial charge is 0.454 e. The highest BCUT2D eigenvalue weighted by atomic mass is 32.1. The first kappa shape index (κ1) is 12.3. The number of thiocarbonyl (C=S) groups is 1. The molecule has 3 aromatic rings. The van der Waals surface area contributed by atoms with E-state index in [9.17, 15) is 0 Å². The van der Waals surface area contributed by atoms with Crippen molar-refractivity contribution in [2.45, 2.75) is 6.42 Å². The summed E-state index contributed by atoms with van der Waals surface area (Å²) < 4.78 is 5.18. The second-order valence-electron chi connectivity index (χ2n) is 5.00. The highest BCUT2D eigenvalue weighted by Crippen LogP contribution is 2.39. The number of hydrogen-bond donors (Lipinski definition) is 1. The normalized spacial score (nSPS) is 11.8. The maximum absolute atomic E-state index is 5.18. The summed E-state index contributed by atoms with van der Waals surface area (Å²) in [5, 5.41) is 7.66. The molecule has 0 spiro atoms. The average molecular weight is 292 g/mol. The van der Waals surface area contributed by atoms with Crippen LogP contribution in [0, 0.1) is 0 Å². The second-order valence-corrected chi connectivity index (χ2v) is 5.19. The lowest BCUT2D eigenvalue weighted by atomic mass is 10.1. The van der Waals surface area contributed by atoms with Crippen molar-refractivity contribution < 1.29 is 4.74 Å². The Labute approximate surface area is 127 Å². The summed E-state index contributed by atoms with van der Waals surface area (Å²) in [6, 6.07) is 16.3. The molecule has 3 nitrogen and oxygen atoms in total. The molecule has 0 radical (unpaired) electrons. The van der Waals surface area contributed by atoms with Crippen LogP contribution >= 0.6 is 12.2 Å². The van der Waals surface area contributed by atoms with Gasteiger partial charge in [-0.15, -0.1) is 0 Å². The van der Waals surface area contributed by atoms with Crippen molar-refractivity contribution in [3.8, 4) is 28.3 Å². The van der Waals surface area contributed by atoms with Crippen LogP contribution < -0.4 is 4.74 Å². The van der Waals surface area contributed by atoms with E-state index in [1.54, 1.807) is 0 Å². The van der Waals surface area contributed by atoms with Gasteiger partial charge in [-0.3, -0.25) is 5.10 Å². The predicted octanol–water partition coefficient (Wildman–Crippen LogP) is 3.98. The summed E-state index contributed by atoms with van der Waals surface area (Å²) in [6.07, 6.45) is 0.926. The molecule has 102 valence electrons. The van der Waals surface area contributed by atoms with Gasteiger partial charge >= 0.3 is 0 Å². The number of hydrogen-bond acceptors (Lipinski definition) is 3. The van der Waals surface area contributed by atoms with Crippen LogP contribution in [0.4, 0.5) is 0 Å². The molecule has 1 aliphatic carbocycles. The average Bonchev–Trinajstić information content (AvgIpc) is 3.07.